The summed E-state index contributed by atoms with van der Waals surface area (Å²) in [5.74, 6) is 2.92. The second-order valence-electron chi connectivity index (χ2n) is 8.79. The second kappa shape index (κ2) is 11.3. The minimum Gasteiger partial charge on any atom is -0.497 e. The molecule has 8 nitrogen and oxygen atoms in total. The molecule has 2 aromatic heterocycles. The number of aromatic nitrogens is 3. The van der Waals surface area contributed by atoms with Crippen molar-refractivity contribution in [3.8, 4) is 28.4 Å². The Kier molecular flexibility index (Phi) is 7.97. The Labute approximate surface area is 212 Å². The second-order valence-corrected chi connectivity index (χ2v) is 8.79. The number of nitrogens with zero attached hydrogens (tertiary/aromatic N) is 3. The van der Waals surface area contributed by atoms with Crippen molar-refractivity contribution in [3.63, 3.8) is 0 Å². The molecule has 0 bridgehead atoms. The Morgan fingerprint density at radius 1 is 0.917 bits per heavy atom. The third kappa shape index (κ3) is 5.40. The zero-order valence-electron chi connectivity index (χ0n) is 21.8. The standard InChI is InChI=1S/C28H34N6O2/c1-17-21(16-30-15-14-29-5)8-7-9-24(17)28-32-26(25-19(3)34-36-20(25)4)18(2)27(33-28)31-22-10-12-23(35-6)13-11-22/h7-13,29-30H,14-16H2,1-6H3,(H,31,32,33). The summed E-state index contributed by atoms with van der Waals surface area (Å²) in [6.45, 7) is 10.6. The lowest BCUT2D eigenvalue weighted by atomic mass is 10.0. The van der Waals surface area contributed by atoms with Gasteiger partial charge in [0.2, 0.25) is 0 Å². The molecule has 0 aliphatic carbocycles. The molecule has 188 valence electrons. The summed E-state index contributed by atoms with van der Waals surface area (Å²) in [6.07, 6.45) is 0. The fraction of sp³-hybridized carbons (Fsp3) is 0.321. The normalized spacial score (nSPS) is 11.1. The van der Waals surface area contributed by atoms with Crippen LogP contribution in [0.3, 0.4) is 0 Å². The maximum absolute atomic E-state index is 5.48. The quantitative estimate of drug-likeness (QED) is 0.267. The molecule has 36 heavy (non-hydrogen) atoms. The van der Waals surface area contributed by atoms with Crippen molar-refractivity contribution in [2.75, 3.05) is 32.6 Å². The van der Waals surface area contributed by atoms with E-state index in [2.05, 4.69) is 46.2 Å². The number of hydrogen-bond acceptors (Lipinski definition) is 8. The molecule has 0 unspecified atom stereocenters. The van der Waals surface area contributed by atoms with E-state index in [9.17, 15) is 0 Å². The Bertz CT molecular complexity index is 1310. The number of rotatable bonds is 10. The summed E-state index contributed by atoms with van der Waals surface area (Å²) in [4.78, 5) is 10.0. The van der Waals surface area contributed by atoms with Crippen molar-refractivity contribution in [2.45, 2.75) is 34.2 Å². The van der Waals surface area contributed by atoms with E-state index in [1.807, 2.05) is 52.1 Å². The van der Waals surface area contributed by atoms with Gasteiger partial charge in [-0.3, -0.25) is 0 Å². The first-order valence-corrected chi connectivity index (χ1v) is 12.1. The minimum absolute atomic E-state index is 0.654. The van der Waals surface area contributed by atoms with E-state index in [4.69, 9.17) is 19.2 Å². The van der Waals surface area contributed by atoms with Gasteiger partial charge in [0.25, 0.3) is 0 Å². The van der Waals surface area contributed by atoms with Crippen molar-refractivity contribution in [2.24, 2.45) is 0 Å². The highest BCUT2D eigenvalue weighted by atomic mass is 16.5. The number of methoxy groups -OCH3 is 1. The molecule has 3 N–H and O–H groups in total. The maximum Gasteiger partial charge on any atom is 0.162 e. The van der Waals surface area contributed by atoms with Gasteiger partial charge >= 0.3 is 0 Å². The van der Waals surface area contributed by atoms with Crippen molar-refractivity contribution in [3.05, 3.63) is 70.6 Å². The topological polar surface area (TPSA) is 97.1 Å². The van der Waals surface area contributed by atoms with Crippen LogP contribution < -0.4 is 20.7 Å². The van der Waals surface area contributed by atoms with Crippen LogP contribution in [0.15, 0.2) is 47.0 Å². The predicted octanol–water partition coefficient (Wildman–Crippen LogP) is 5.09. The van der Waals surface area contributed by atoms with Gasteiger partial charge in [-0.1, -0.05) is 23.4 Å². The molecule has 2 heterocycles. The molecule has 8 heteroatoms. The van der Waals surface area contributed by atoms with E-state index < -0.39 is 0 Å². The average Bonchev–Trinajstić information content (AvgIpc) is 3.22. The molecule has 0 saturated heterocycles. The lowest BCUT2D eigenvalue weighted by Crippen LogP contribution is -2.24. The van der Waals surface area contributed by atoms with Crippen LogP contribution in [0.2, 0.25) is 0 Å². The van der Waals surface area contributed by atoms with E-state index >= 15 is 0 Å². The molecular weight excluding hydrogens is 452 g/mol. The summed E-state index contributed by atoms with van der Waals surface area (Å²) in [5, 5.41) is 14.3. The van der Waals surface area contributed by atoms with Crippen LogP contribution >= 0.6 is 0 Å². The molecule has 0 spiro atoms. The van der Waals surface area contributed by atoms with Gasteiger partial charge in [-0.15, -0.1) is 0 Å². The Morgan fingerprint density at radius 3 is 2.36 bits per heavy atom. The van der Waals surface area contributed by atoms with Gasteiger partial charge in [0, 0.05) is 36.4 Å². The number of nitrogens with one attached hydrogen (secondary N) is 3. The van der Waals surface area contributed by atoms with Crippen LogP contribution in [0.4, 0.5) is 11.5 Å². The predicted molar refractivity (Wildman–Crippen MR) is 144 cm³/mol. The van der Waals surface area contributed by atoms with E-state index in [-0.39, 0.29) is 0 Å². The number of hydrogen-bond donors (Lipinski definition) is 3. The van der Waals surface area contributed by atoms with Gasteiger partial charge in [-0.2, -0.15) is 0 Å². The Morgan fingerprint density at radius 2 is 1.69 bits per heavy atom. The monoisotopic (exact) mass is 486 g/mol. The highest BCUT2D eigenvalue weighted by Gasteiger charge is 2.21. The number of likely N-dealkylation sites (N-methyl/N-ethyl adjacent to an activating group) is 1. The first-order valence-electron chi connectivity index (χ1n) is 12.1. The summed E-state index contributed by atoms with van der Waals surface area (Å²) in [7, 11) is 3.61. The molecule has 0 radical (unpaired) electrons. The first-order chi connectivity index (χ1) is 17.4. The highest BCUT2D eigenvalue weighted by Crippen LogP contribution is 2.35. The lowest BCUT2D eigenvalue weighted by Gasteiger charge is -2.17. The summed E-state index contributed by atoms with van der Waals surface area (Å²) in [6, 6.07) is 14.1. The molecule has 0 saturated carbocycles. The molecule has 2 aromatic carbocycles. The van der Waals surface area contributed by atoms with Gasteiger partial charge in [-0.05, 0) is 70.1 Å². The van der Waals surface area contributed by atoms with Crippen LogP contribution in [0.5, 0.6) is 5.75 Å². The van der Waals surface area contributed by atoms with Gasteiger partial charge in [0.05, 0.1) is 24.1 Å². The molecule has 0 aliphatic rings. The van der Waals surface area contributed by atoms with E-state index in [0.717, 1.165) is 76.3 Å². The van der Waals surface area contributed by atoms with Crippen LogP contribution in [-0.2, 0) is 6.54 Å². The number of ether oxygens (including phenoxy) is 1. The van der Waals surface area contributed by atoms with Gasteiger partial charge in [0.1, 0.15) is 17.3 Å². The molecule has 0 fully saturated rings. The average molecular weight is 487 g/mol. The van der Waals surface area contributed by atoms with E-state index in [1.54, 1.807) is 7.11 Å². The third-order valence-corrected chi connectivity index (χ3v) is 6.32. The van der Waals surface area contributed by atoms with E-state index in [1.165, 1.54) is 5.56 Å². The zero-order chi connectivity index (χ0) is 25.7. The minimum atomic E-state index is 0.654. The third-order valence-electron chi connectivity index (χ3n) is 6.32. The molecule has 0 atom stereocenters. The van der Waals surface area contributed by atoms with Gasteiger partial charge < -0.3 is 25.2 Å². The number of anilines is 2. The van der Waals surface area contributed by atoms with Crippen LogP contribution in [0.25, 0.3) is 22.6 Å². The molecular formula is C28H34N6O2. The van der Waals surface area contributed by atoms with Crippen LogP contribution in [0.1, 0.15) is 28.1 Å². The molecule has 4 aromatic rings. The summed E-state index contributed by atoms with van der Waals surface area (Å²) >= 11 is 0. The molecule has 0 amide bonds. The largest absolute Gasteiger partial charge is 0.497 e. The van der Waals surface area contributed by atoms with Crippen molar-refractivity contribution in [1.82, 2.24) is 25.8 Å². The van der Waals surface area contributed by atoms with Gasteiger partial charge in [0.15, 0.2) is 5.82 Å². The summed E-state index contributed by atoms with van der Waals surface area (Å²) in [5.41, 5.74) is 7.71. The van der Waals surface area contributed by atoms with Crippen molar-refractivity contribution >= 4 is 11.5 Å². The highest BCUT2D eigenvalue weighted by molar-refractivity contribution is 5.77. The van der Waals surface area contributed by atoms with E-state index in [0.29, 0.717) is 5.82 Å². The smallest absolute Gasteiger partial charge is 0.162 e. The SMILES string of the molecule is CNCCNCc1cccc(-c2nc(Nc3ccc(OC)cc3)c(C)c(-c3c(C)noc3C)n2)c1C. The van der Waals surface area contributed by atoms with Crippen molar-refractivity contribution in [1.29, 1.82) is 0 Å². The molecule has 0 aliphatic heterocycles. The fourth-order valence-corrected chi connectivity index (χ4v) is 4.19. The number of aryl methyl sites for hydroxylation is 2. The first kappa shape index (κ1) is 25.3. The van der Waals surface area contributed by atoms with Crippen LogP contribution in [-0.4, -0.2) is 42.4 Å². The maximum atomic E-state index is 5.48. The lowest BCUT2D eigenvalue weighted by molar-refractivity contribution is 0.393. The number of benzene rings is 2. The van der Waals surface area contributed by atoms with Crippen molar-refractivity contribution < 1.29 is 9.26 Å². The van der Waals surface area contributed by atoms with Crippen LogP contribution in [0, 0.1) is 27.7 Å². The Hall–Kier alpha value is -3.75. The molecule has 4 rings (SSSR count). The summed E-state index contributed by atoms with van der Waals surface area (Å²) < 4.78 is 10.8. The zero-order valence-corrected chi connectivity index (χ0v) is 21.8. The Balaban J connectivity index is 1.80. The van der Waals surface area contributed by atoms with Gasteiger partial charge in [-0.25, -0.2) is 9.97 Å². The fourth-order valence-electron chi connectivity index (χ4n) is 4.19.